The standard InChI is InChI=1S/C24H23N3O5S2/c28-15-5-1-4-14(10-15)11-16(22(31)27-24-8-2-7-20(24)32-12-19(24)29)25-21(30)17-13-34-23(26-17)18-6-3-9-33-18/h1,3-6,9-10,13,16,20,28H,2,7-8,11-12H2,(H,25,30)(H,27,31). The van der Waals surface area contributed by atoms with Crippen molar-refractivity contribution in [2.75, 3.05) is 6.61 Å². The fourth-order valence-electron chi connectivity index (χ4n) is 4.60. The lowest BCUT2D eigenvalue weighted by atomic mass is 9.91. The summed E-state index contributed by atoms with van der Waals surface area (Å²) in [7, 11) is 0. The third-order valence-electron chi connectivity index (χ3n) is 6.29. The number of phenolic OH excluding ortho intramolecular Hbond substituents is 1. The van der Waals surface area contributed by atoms with Crippen LogP contribution in [0.25, 0.3) is 9.88 Å². The number of ketones is 1. The molecule has 0 bridgehead atoms. The minimum atomic E-state index is -1.04. The number of rotatable bonds is 7. The number of ether oxygens (including phenoxy) is 1. The predicted molar refractivity (Wildman–Crippen MR) is 128 cm³/mol. The maximum atomic E-state index is 13.4. The van der Waals surface area contributed by atoms with Gasteiger partial charge < -0.3 is 20.5 Å². The second kappa shape index (κ2) is 9.28. The van der Waals surface area contributed by atoms with Gasteiger partial charge in [-0.05, 0) is 48.4 Å². The minimum Gasteiger partial charge on any atom is -0.508 e. The van der Waals surface area contributed by atoms with E-state index in [2.05, 4.69) is 15.6 Å². The topological polar surface area (TPSA) is 118 Å². The number of hydrogen-bond donors (Lipinski definition) is 3. The second-order valence-corrected chi connectivity index (χ2v) is 10.3. The molecule has 2 aromatic heterocycles. The quantitative estimate of drug-likeness (QED) is 0.462. The van der Waals surface area contributed by atoms with E-state index in [1.807, 2.05) is 17.5 Å². The molecular weight excluding hydrogens is 474 g/mol. The van der Waals surface area contributed by atoms with Crippen molar-refractivity contribution in [1.29, 1.82) is 0 Å². The first kappa shape index (κ1) is 22.7. The Hall–Kier alpha value is -3.08. The summed E-state index contributed by atoms with van der Waals surface area (Å²) < 4.78 is 5.60. The number of nitrogens with one attached hydrogen (secondary N) is 2. The van der Waals surface area contributed by atoms with E-state index in [4.69, 9.17) is 4.74 Å². The summed E-state index contributed by atoms with van der Waals surface area (Å²) in [5, 5.41) is 19.9. The van der Waals surface area contributed by atoms with E-state index in [0.29, 0.717) is 18.4 Å². The summed E-state index contributed by atoms with van der Waals surface area (Å²) in [6.45, 7) is -0.0150. The van der Waals surface area contributed by atoms with E-state index in [9.17, 15) is 19.5 Å². The van der Waals surface area contributed by atoms with Crippen LogP contribution in [0.4, 0.5) is 0 Å². The second-order valence-electron chi connectivity index (χ2n) is 8.49. The number of nitrogens with zero attached hydrogens (tertiary/aromatic N) is 1. The minimum absolute atomic E-state index is 0.0150. The SMILES string of the molecule is O=C(NC(Cc1cccc(O)c1)C(=O)NC12CCCC1OCC2=O)c1csc(-c2cccs2)n1. The lowest BCUT2D eigenvalue weighted by Crippen LogP contribution is -2.60. The Morgan fingerprint density at radius 3 is 2.94 bits per heavy atom. The van der Waals surface area contributed by atoms with Gasteiger partial charge in [-0.1, -0.05) is 18.2 Å². The first-order valence-corrected chi connectivity index (χ1v) is 12.8. The van der Waals surface area contributed by atoms with Crippen LogP contribution < -0.4 is 10.6 Å². The van der Waals surface area contributed by atoms with Gasteiger partial charge in [0.1, 0.15) is 34.6 Å². The Morgan fingerprint density at radius 1 is 1.26 bits per heavy atom. The highest BCUT2D eigenvalue weighted by molar-refractivity contribution is 7.20. The number of thiophene rings is 1. The number of benzene rings is 1. The van der Waals surface area contributed by atoms with Crippen LogP contribution in [0, 0.1) is 0 Å². The van der Waals surface area contributed by atoms with Crippen molar-refractivity contribution >= 4 is 40.3 Å². The van der Waals surface area contributed by atoms with Gasteiger partial charge in [0.05, 0.1) is 11.0 Å². The van der Waals surface area contributed by atoms with E-state index in [-0.39, 0.29) is 36.4 Å². The molecule has 0 radical (unpaired) electrons. The number of carbonyl (C=O) groups excluding carboxylic acids is 3. The highest BCUT2D eigenvalue weighted by atomic mass is 32.1. The molecule has 1 saturated carbocycles. The number of Topliss-reactive ketones (excluding diaryl/α,β-unsaturated/α-hetero) is 1. The molecule has 34 heavy (non-hydrogen) atoms. The van der Waals surface area contributed by atoms with E-state index in [0.717, 1.165) is 16.3 Å². The summed E-state index contributed by atoms with van der Waals surface area (Å²) in [5.74, 6) is -1.01. The van der Waals surface area contributed by atoms with Gasteiger partial charge in [0.15, 0.2) is 5.78 Å². The van der Waals surface area contributed by atoms with Crippen LogP contribution in [0.5, 0.6) is 5.75 Å². The average molecular weight is 498 g/mol. The highest BCUT2D eigenvalue weighted by Crippen LogP contribution is 2.38. The molecule has 5 rings (SSSR count). The van der Waals surface area contributed by atoms with Gasteiger partial charge in [-0.25, -0.2) is 4.98 Å². The molecule has 1 saturated heterocycles. The number of thiazole rings is 1. The molecule has 3 unspecified atom stereocenters. The molecule has 2 aliphatic rings. The van der Waals surface area contributed by atoms with Crippen molar-refractivity contribution in [1.82, 2.24) is 15.6 Å². The Bertz CT molecular complexity index is 1220. The van der Waals surface area contributed by atoms with Gasteiger partial charge in [0.25, 0.3) is 5.91 Å². The number of phenols is 1. The molecule has 176 valence electrons. The number of aromatic hydroxyl groups is 1. The van der Waals surface area contributed by atoms with E-state index in [1.165, 1.54) is 28.7 Å². The molecule has 3 aromatic rings. The Balaban J connectivity index is 1.37. The summed E-state index contributed by atoms with van der Waals surface area (Å²) >= 11 is 2.89. The van der Waals surface area contributed by atoms with Crippen LogP contribution in [-0.4, -0.2) is 52.0 Å². The van der Waals surface area contributed by atoms with Crippen LogP contribution >= 0.6 is 22.7 Å². The lowest BCUT2D eigenvalue weighted by molar-refractivity contribution is -0.131. The van der Waals surface area contributed by atoms with Crippen LogP contribution in [0.3, 0.4) is 0 Å². The van der Waals surface area contributed by atoms with Crippen molar-refractivity contribution in [3.05, 3.63) is 58.4 Å². The molecule has 10 heteroatoms. The van der Waals surface area contributed by atoms with Crippen molar-refractivity contribution in [2.24, 2.45) is 0 Å². The number of hydrogen-bond acceptors (Lipinski definition) is 8. The molecular formula is C24H23N3O5S2. The third-order valence-corrected chi connectivity index (χ3v) is 8.17. The zero-order valence-corrected chi connectivity index (χ0v) is 19.8. The maximum absolute atomic E-state index is 13.4. The maximum Gasteiger partial charge on any atom is 0.271 e. The van der Waals surface area contributed by atoms with Crippen LogP contribution in [0.2, 0.25) is 0 Å². The van der Waals surface area contributed by atoms with Crippen molar-refractivity contribution in [3.8, 4) is 15.6 Å². The fraction of sp³-hybridized carbons (Fsp3) is 0.333. The van der Waals surface area contributed by atoms with Crippen molar-refractivity contribution in [2.45, 2.75) is 43.4 Å². The molecule has 1 aromatic carbocycles. The summed E-state index contributed by atoms with van der Waals surface area (Å²) in [6.07, 6.45) is 1.81. The summed E-state index contributed by atoms with van der Waals surface area (Å²) in [5.41, 5.74) is -0.141. The molecule has 0 spiro atoms. The monoisotopic (exact) mass is 497 g/mol. The van der Waals surface area contributed by atoms with Gasteiger partial charge in [0.2, 0.25) is 5.91 Å². The molecule has 8 nitrogen and oxygen atoms in total. The van der Waals surface area contributed by atoms with Crippen LogP contribution in [0.1, 0.15) is 35.3 Å². The molecule has 3 N–H and O–H groups in total. The molecule has 2 amide bonds. The van der Waals surface area contributed by atoms with Crippen LogP contribution in [0.15, 0.2) is 47.2 Å². The highest BCUT2D eigenvalue weighted by Gasteiger charge is 2.55. The Morgan fingerprint density at radius 2 is 2.15 bits per heavy atom. The lowest BCUT2D eigenvalue weighted by Gasteiger charge is -2.30. The van der Waals surface area contributed by atoms with Crippen molar-refractivity contribution in [3.63, 3.8) is 0 Å². The first-order chi connectivity index (χ1) is 16.4. The molecule has 2 fully saturated rings. The largest absolute Gasteiger partial charge is 0.508 e. The average Bonchev–Trinajstić information content (AvgIpc) is 3.60. The first-order valence-electron chi connectivity index (χ1n) is 11.0. The number of aromatic nitrogens is 1. The number of carbonyl (C=O) groups is 3. The van der Waals surface area contributed by atoms with Gasteiger partial charge in [-0.2, -0.15) is 0 Å². The van der Waals surface area contributed by atoms with E-state index in [1.54, 1.807) is 23.6 Å². The van der Waals surface area contributed by atoms with Crippen molar-refractivity contribution < 1.29 is 24.2 Å². The number of amides is 2. The zero-order valence-electron chi connectivity index (χ0n) is 18.2. The summed E-state index contributed by atoms with van der Waals surface area (Å²) in [4.78, 5) is 44.5. The van der Waals surface area contributed by atoms with Crippen LogP contribution in [-0.2, 0) is 20.7 Å². The Kier molecular flexibility index (Phi) is 6.20. The third kappa shape index (κ3) is 4.36. The zero-order chi connectivity index (χ0) is 23.7. The number of fused-ring (bicyclic) bond motifs is 1. The van der Waals surface area contributed by atoms with E-state index < -0.39 is 23.4 Å². The normalized spacial score (nSPS) is 22.4. The smallest absolute Gasteiger partial charge is 0.271 e. The fourth-order valence-corrected chi connectivity index (χ4v) is 6.21. The molecule has 3 heterocycles. The molecule has 1 aliphatic carbocycles. The Labute approximate surface area is 204 Å². The van der Waals surface area contributed by atoms with Gasteiger partial charge in [-0.3, -0.25) is 14.4 Å². The predicted octanol–water partition coefficient (Wildman–Crippen LogP) is 2.93. The van der Waals surface area contributed by atoms with Gasteiger partial charge in [0, 0.05) is 11.8 Å². The molecule has 1 aliphatic heterocycles. The van der Waals surface area contributed by atoms with Gasteiger partial charge >= 0.3 is 0 Å². The molecule has 3 atom stereocenters. The summed E-state index contributed by atoms with van der Waals surface area (Å²) in [6, 6.07) is 9.41. The van der Waals surface area contributed by atoms with E-state index >= 15 is 0 Å². The van der Waals surface area contributed by atoms with Gasteiger partial charge in [-0.15, -0.1) is 22.7 Å².